The Balaban J connectivity index is 2.69. The summed E-state index contributed by atoms with van der Waals surface area (Å²) < 4.78 is 5.09. The van der Waals surface area contributed by atoms with Gasteiger partial charge in [-0.2, -0.15) is 0 Å². The van der Waals surface area contributed by atoms with Gasteiger partial charge in [0.05, 0.1) is 24.4 Å². The third-order valence-corrected chi connectivity index (χ3v) is 3.26. The van der Waals surface area contributed by atoms with Gasteiger partial charge < -0.3 is 14.7 Å². The number of aromatic nitrogens is 1. The average molecular weight is 230 g/mol. The van der Waals surface area contributed by atoms with E-state index in [0.29, 0.717) is 6.61 Å². The Hall–Kier alpha value is -0.650. The van der Waals surface area contributed by atoms with Crippen molar-refractivity contribution in [1.82, 2.24) is 4.98 Å². The van der Waals surface area contributed by atoms with Gasteiger partial charge in [-0.25, -0.2) is 4.98 Å². The number of hydrogen-bond donors (Lipinski definition) is 1. The normalized spacial score (nSPS) is 15.0. The lowest BCUT2D eigenvalue weighted by Gasteiger charge is -2.23. The first-order chi connectivity index (χ1) is 7.06. The quantitative estimate of drug-likeness (QED) is 0.835. The molecule has 0 saturated carbocycles. The lowest BCUT2D eigenvalue weighted by molar-refractivity contribution is 0.183. The molecule has 0 amide bonds. The maximum absolute atomic E-state index is 9.36. The van der Waals surface area contributed by atoms with Crippen molar-refractivity contribution in [2.75, 3.05) is 25.7 Å². The van der Waals surface area contributed by atoms with Crippen LogP contribution in [0.2, 0.25) is 0 Å². The number of methoxy groups -OCH3 is 1. The molecule has 4 nitrogen and oxygen atoms in total. The highest BCUT2D eigenvalue weighted by atomic mass is 32.1. The van der Waals surface area contributed by atoms with Gasteiger partial charge in [-0.05, 0) is 13.8 Å². The molecule has 5 heteroatoms. The molecule has 0 spiro atoms. The highest BCUT2D eigenvalue weighted by Gasteiger charge is 2.14. The molecule has 0 saturated heterocycles. The molecule has 1 rings (SSSR count). The molecule has 0 aliphatic rings. The molecule has 0 bridgehead atoms. The number of aliphatic hydroxyl groups excluding tert-OH is 1. The first-order valence-electron chi connectivity index (χ1n) is 4.91. The van der Waals surface area contributed by atoms with Crippen LogP contribution in [0.4, 0.5) is 5.13 Å². The SMILES string of the molecule is COCC(C)N(C)c1nc(C(C)O)cs1. The summed E-state index contributed by atoms with van der Waals surface area (Å²) in [5.41, 5.74) is 0.728. The lowest BCUT2D eigenvalue weighted by atomic mass is 10.3. The van der Waals surface area contributed by atoms with Gasteiger partial charge in [0, 0.05) is 19.5 Å². The Morgan fingerprint density at radius 1 is 1.60 bits per heavy atom. The minimum atomic E-state index is -0.499. The predicted molar refractivity (Wildman–Crippen MR) is 62.5 cm³/mol. The van der Waals surface area contributed by atoms with Crippen LogP contribution in [0.5, 0.6) is 0 Å². The summed E-state index contributed by atoms with van der Waals surface area (Å²) in [6.07, 6.45) is -0.499. The summed E-state index contributed by atoms with van der Waals surface area (Å²) in [7, 11) is 3.67. The van der Waals surface area contributed by atoms with Crippen molar-refractivity contribution in [3.63, 3.8) is 0 Å². The van der Waals surface area contributed by atoms with E-state index >= 15 is 0 Å². The first kappa shape index (κ1) is 12.4. The van der Waals surface area contributed by atoms with Gasteiger partial charge in [0.2, 0.25) is 0 Å². The van der Waals surface area contributed by atoms with Crippen molar-refractivity contribution in [1.29, 1.82) is 0 Å². The maximum atomic E-state index is 9.36. The number of likely N-dealkylation sites (N-methyl/N-ethyl adjacent to an activating group) is 1. The molecular weight excluding hydrogens is 212 g/mol. The van der Waals surface area contributed by atoms with E-state index in [1.54, 1.807) is 14.0 Å². The second kappa shape index (κ2) is 5.44. The van der Waals surface area contributed by atoms with Crippen LogP contribution in [0.15, 0.2) is 5.38 Å². The fraction of sp³-hybridized carbons (Fsp3) is 0.700. The van der Waals surface area contributed by atoms with Crippen LogP contribution in [0.1, 0.15) is 25.6 Å². The van der Waals surface area contributed by atoms with Gasteiger partial charge in [-0.3, -0.25) is 0 Å². The van der Waals surface area contributed by atoms with Crippen LogP contribution >= 0.6 is 11.3 Å². The Kier molecular flexibility index (Phi) is 4.50. The third kappa shape index (κ3) is 3.15. The van der Waals surface area contributed by atoms with Crippen LogP contribution in [0, 0.1) is 0 Å². The van der Waals surface area contributed by atoms with Crippen LogP contribution in [-0.2, 0) is 4.74 Å². The average Bonchev–Trinajstić information content (AvgIpc) is 2.65. The van der Waals surface area contributed by atoms with Crippen LogP contribution in [0.25, 0.3) is 0 Å². The molecule has 1 aromatic heterocycles. The van der Waals surface area contributed by atoms with Gasteiger partial charge in [-0.15, -0.1) is 11.3 Å². The van der Waals surface area contributed by atoms with E-state index in [0.717, 1.165) is 10.8 Å². The third-order valence-electron chi connectivity index (χ3n) is 2.31. The molecule has 0 radical (unpaired) electrons. The number of thiazole rings is 1. The molecule has 1 heterocycles. The number of anilines is 1. The van der Waals surface area contributed by atoms with E-state index in [9.17, 15) is 5.11 Å². The van der Waals surface area contributed by atoms with Gasteiger partial charge >= 0.3 is 0 Å². The second-order valence-electron chi connectivity index (χ2n) is 3.65. The van der Waals surface area contributed by atoms with Gasteiger partial charge in [-0.1, -0.05) is 0 Å². The summed E-state index contributed by atoms with van der Waals surface area (Å²) in [5.74, 6) is 0. The molecule has 0 aliphatic carbocycles. The molecular formula is C10H18N2O2S. The molecule has 1 N–H and O–H groups in total. The van der Waals surface area contributed by atoms with Crippen molar-refractivity contribution in [2.24, 2.45) is 0 Å². The van der Waals surface area contributed by atoms with Crippen molar-refractivity contribution >= 4 is 16.5 Å². The number of nitrogens with zero attached hydrogens (tertiary/aromatic N) is 2. The maximum Gasteiger partial charge on any atom is 0.185 e. The number of hydrogen-bond acceptors (Lipinski definition) is 5. The zero-order valence-corrected chi connectivity index (χ0v) is 10.4. The summed E-state index contributed by atoms with van der Waals surface area (Å²) >= 11 is 1.54. The summed E-state index contributed by atoms with van der Waals surface area (Å²) in [5, 5.41) is 12.2. The van der Waals surface area contributed by atoms with Crippen LogP contribution in [-0.4, -0.2) is 36.9 Å². The minimum Gasteiger partial charge on any atom is -0.387 e. The number of ether oxygens (including phenoxy) is 1. The summed E-state index contributed by atoms with van der Waals surface area (Å²) in [6, 6.07) is 0.281. The molecule has 2 unspecified atom stereocenters. The van der Waals surface area contributed by atoms with Crippen LogP contribution < -0.4 is 4.90 Å². The van der Waals surface area contributed by atoms with E-state index in [1.807, 2.05) is 12.4 Å². The molecule has 0 aliphatic heterocycles. The highest BCUT2D eigenvalue weighted by molar-refractivity contribution is 7.13. The number of rotatable bonds is 5. The Bertz CT molecular complexity index is 301. The zero-order chi connectivity index (χ0) is 11.4. The fourth-order valence-corrected chi connectivity index (χ4v) is 2.15. The van der Waals surface area contributed by atoms with Crippen LogP contribution in [0.3, 0.4) is 0 Å². The van der Waals surface area contributed by atoms with E-state index in [-0.39, 0.29) is 6.04 Å². The van der Waals surface area contributed by atoms with Gasteiger partial charge in [0.25, 0.3) is 0 Å². The van der Waals surface area contributed by atoms with Crippen molar-refractivity contribution in [3.05, 3.63) is 11.1 Å². The van der Waals surface area contributed by atoms with Gasteiger partial charge in [0.15, 0.2) is 5.13 Å². The Morgan fingerprint density at radius 2 is 2.27 bits per heavy atom. The summed E-state index contributed by atoms with van der Waals surface area (Å²) in [4.78, 5) is 6.41. The standard InChI is InChI=1S/C10H18N2O2S/c1-7(5-14-4)12(3)10-11-9(6-15-10)8(2)13/h6-8,13H,5H2,1-4H3. The fourth-order valence-electron chi connectivity index (χ4n) is 1.17. The molecule has 1 aromatic rings. The number of aliphatic hydroxyl groups is 1. The largest absolute Gasteiger partial charge is 0.387 e. The smallest absolute Gasteiger partial charge is 0.185 e. The second-order valence-corrected chi connectivity index (χ2v) is 4.48. The zero-order valence-electron chi connectivity index (χ0n) is 9.60. The van der Waals surface area contributed by atoms with E-state index in [1.165, 1.54) is 11.3 Å². The summed E-state index contributed by atoms with van der Waals surface area (Å²) in [6.45, 7) is 4.46. The topological polar surface area (TPSA) is 45.6 Å². The minimum absolute atomic E-state index is 0.281. The van der Waals surface area contributed by atoms with E-state index in [4.69, 9.17) is 4.74 Å². The lowest BCUT2D eigenvalue weighted by Crippen LogP contribution is -2.32. The monoisotopic (exact) mass is 230 g/mol. The molecule has 15 heavy (non-hydrogen) atoms. The highest BCUT2D eigenvalue weighted by Crippen LogP contribution is 2.24. The van der Waals surface area contributed by atoms with Gasteiger partial charge in [0.1, 0.15) is 0 Å². The Morgan fingerprint density at radius 3 is 2.73 bits per heavy atom. The first-order valence-corrected chi connectivity index (χ1v) is 5.79. The van der Waals surface area contributed by atoms with E-state index < -0.39 is 6.10 Å². The molecule has 0 fully saturated rings. The van der Waals surface area contributed by atoms with Crippen molar-refractivity contribution in [3.8, 4) is 0 Å². The van der Waals surface area contributed by atoms with E-state index in [2.05, 4.69) is 16.8 Å². The molecule has 2 atom stereocenters. The molecule has 86 valence electrons. The molecule has 0 aromatic carbocycles. The van der Waals surface area contributed by atoms with Crippen molar-refractivity contribution < 1.29 is 9.84 Å². The predicted octanol–water partition coefficient (Wildman–Crippen LogP) is 1.67. The Labute approximate surface area is 94.5 Å². The van der Waals surface area contributed by atoms with Crippen molar-refractivity contribution in [2.45, 2.75) is 26.0 Å².